The molecular weight excluding hydrogens is 234 g/mol. The second kappa shape index (κ2) is 5.65. The molecule has 0 aromatic heterocycles. The van der Waals surface area contributed by atoms with Crippen molar-refractivity contribution in [2.45, 2.75) is 13.8 Å². The van der Waals surface area contributed by atoms with Crippen molar-refractivity contribution in [1.82, 2.24) is 0 Å². The van der Waals surface area contributed by atoms with Crippen LogP contribution in [0.5, 0.6) is 0 Å². The molecule has 3 heteroatoms. The standard InChI is InChI=1S/C16H19N3/c1-12-5-6-15(11-13(12)2)18-17-14-7-9-16(10-8-14)19(3)4/h5-11H,1-4H3. The van der Waals surface area contributed by atoms with Crippen molar-refractivity contribution in [1.29, 1.82) is 0 Å². The van der Waals surface area contributed by atoms with E-state index < -0.39 is 0 Å². The number of aryl methyl sites for hydroxylation is 2. The van der Waals surface area contributed by atoms with E-state index in [9.17, 15) is 0 Å². The molecule has 2 rings (SSSR count). The molecular formula is C16H19N3. The molecule has 0 aliphatic rings. The Morgan fingerprint density at radius 1 is 0.737 bits per heavy atom. The number of azo groups is 1. The smallest absolute Gasteiger partial charge is 0.0859 e. The fourth-order valence-electron chi connectivity index (χ4n) is 1.72. The van der Waals surface area contributed by atoms with E-state index in [0.29, 0.717) is 0 Å². The molecule has 0 saturated heterocycles. The molecule has 0 atom stereocenters. The maximum absolute atomic E-state index is 4.26. The Morgan fingerprint density at radius 2 is 1.32 bits per heavy atom. The molecule has 98 valence electrons. The molecule has 0 spiro atoms. The van der Waals surface area contributed by atoms with Crippen LogP contribution in [-0.4, -0.2) is 14.1 Å². The molecule has 0 heterocycles. The van der Waals surface area contributed by atoms with Crippen molar-refractivity contribution in [2.24, 2.45) is 10.2 Å². The van der Waals surface area contributed by atoms with Gasteiger partial charge >= 0.3 is 0 Å². The van der Waals surface area contributed by atoms with Crippen LogP contribution in [0.2, 0.25) is 0 Å². The summed E-state index contributed by atoms with van der Waals surface area (Å²) in [6.45, 7) is 4.18. The van der Waals surface area contributed by atoms with Gasteiger partial charge in [0, 0.05) is 19.8 Å². The lowest BCUT2D eigenvalue weighted by Crippen LogP contribution is -2.07. The Hall–Kier alpha value is -2.16. The van der Waals surface area contributed by atoms with Crippen LogP contribution in [0.1, 0.15) is 11.1 Å². The number of hydrogen-bond donors (Lipinski definition) is 0. The van der Waals surface area contributed by atoms with Crippen LogP contribution in [0.25, 0.3) is 0 Å². The maximum atomic E-state index is 4.26. The van der Waals surface area contributed by atoms with Gasteiger partial charge in [0.05, 0.1) is 11.4 Å². The molecule has 0 N–H and O–H groups in total. The van der Waals surface area contributed by atoms with E-state index in [0.717, 1.165) is 17.1 Å². The Bertz CT molecular complexity index is 583. The highest BCUT2D eigenvalue weighted by Gasteiger charge is 1.96. The van der Waals surface area contributed by atoms with Gasteiger partial charge < -0.3 is 4.90 Å². The summed E-state index contributed by atoms with van der Waals surface area (Å²) < 4.78 is 0. The monoisotopic (exact) mass is 253 g/mol. The van der Waals surface area contributed by atoms with Gasteiger partial charge in [0.15, 0.2) is 0 Å². The van der Waals surface area contributed by atoms with E-state index in [1.54, 1.807) is 0 Å². The quantitative estimate of drug-likeness (QED) is 0.723. The third kappa shape index (κ3) is 3.41. The number of nitrogens with zero attached hydrogens (tertiary/aromatic N) is 3. The summed E-state index contributed by atoms with van der Waals surface area (Å²) in [5.74, 6) is 0. The predicted molar refractivity (Wildman–Crippen MR) is 80.9 cm³/mol. The Labute approximate surface area is 114 Å². The van der Waals surface area contributed by atoms with Crippen LogP contribution >= 0.6 is 0 Å². The Kier molecular flexibility index (Phi) is 3.95. The van der Waals surface area contributed by atoms with E-state index in [-0.39, 0.29) is 0 Å². The van der Waals surface area contributed by atoms with Gasteiger partial charge in [-0.3, -0.25) is 0 Å². The summed E-state index contributed by atoms with van der Waals surface area (Å²) in [7, 11) is 4.04. The number of anilines is 1. The fraction of sp³-hybridized carbons (Fsp3) is 0.250. The van der Waals surface area contributed by atoms with E-state index in [1.807, 2.05) is 50.5 Å². The molecule has 0 unspecified atom stereocenters. The summed E-state index contributed by atoms with van der Waals surface area (Å²) in [6.07, 6.45) is 0. The summed E-state index contributed by atoms with van der Waals surface area (Å²) in [4.78, 5) is 2.06. The SMILES string of the molecule is Cc1ccc(N=Nc2ccc(N(C)C)cc2)cc1C. The highest BCUT2D eigenvalue weighted by Crippen LogP contribution is 2.22. The van der Waals surface area contributed by atoms with Gasteiger partial charge in [-0.1, -0.05) is 6.07 Å². The molecule has 0 amide bonds. The van der Waals surface area contributed by atoms with Gasteiger partial charge in [0.2, 0.25) is 0 Å². The molecule has 0 radical (unpaired) electrons. The van der Waals surface area contributed by atoms with Crippen LogP contribution in [0.4, 0.5) is 17.1 Å². The van der Waals surface area contributed by atoms with Crippen LogP contribution in [-0.2, 0) is 0 Å². The topological polar surface area (TPSA) is 28.0 Å². The molecule has 0 aliphatic carbocycles. The third-order valence-corrected chi connectivity index (χ3v) is 3.14. The Balaban J connectivity index is 2.15. The van der Waals surface area contributed by atoms with Crippen molar-refractivity contribution >= 4 is 17.1 Å². The lowest BCUT2D eigenvalue weighted by Gasteiger charge is -2.11. The lowest BCUT2D eigenvalue weighted by molar-refractivity contribution is 1.13. The van der Waals surface area contributed by atoms with Crippen molar-refractivity contribution < 1.29 is 0 Å². The van der Waals surface area contributed by atoms with E-state index in [4.69, 9.17) is 0 Å². The highest BCUT2D eigenvalue weighted by molar-refractivity contribution is 5.52. The van der Waals surface area contributed by atoms with Crippen molar-refractivity contribution in [3.05, 3.63) is 53.6 Å². The van der Waals surface area contributed by atoms with Crippen LogP contribution in [0, 0.1) is 13.8 Å². The van der Waals surface area contributed by atoms with Gasteiger partial charge in [-0.05, 0) is 61.4 Å². The fourth-order valence-corrected chi connectivity index (χ4v) is 1.72. The molecule has 0 bridgehead atoms. The van der Waals surface area contributed by atoms with Gasteiger partial charge in [-0.15, -0.1) is 0 Å². The average Bonchev–Trinajstić information content (AvgIpc) is 2.40. The minimum absolute atomic E-state index is 0.865. The zero-order valence-electron chi connectivity index (χ0n) is 11.9. The first-order valence-corrected chi connectivity index (χ1v) is 6.32. The normalized spacial score (nSPS) is 10.9. The van der Waals surface area contributed by atoms with Crippen molar-refractivity contribution in [2.75, 3.05) is 19.0 Å². The first kappa shape index (κ1) is 13.3. The van der Waals surface area contributed by atoms with Gasteiger partial charge in [0.25, 0.3) is 0 Å². The van der Waals surface area contributed by atoms with Crippen molar-refractivity contribution in [3.8, 4) is 0 Å². The zero-order valence-corrected chi connectivity index (χ0v) is 11.9. The second-order valence-corrected chi connectivity index (χ2v) is 4.88. The van der Waals surface area contributed by atoms with E-state index in [2.05, 4.69) is 35.0 Å². The third-order valence-electron chi connectivity index (χ3n) is 3.14. The number of hydrogen-bond acceptors (Lipinski definition) is 3. The number of benzene rings is 2. The molecule has 0 fully saturated rings. The maximum Gasteiger partial charge on any atom is 0.0859 e. The zero-order chi connectivity index (χ0) is 13.8. The molecule has 0 aliphatic heterocycles. The molecule has 19 heavy (non-hydrogen) atoms. The first-order valence-electron chi connectivity index (χ1n) is 6.32. The first-order chi connectivity index (χ1) is 9.06. The van der Waals surface area contributed by atoms with Crippen LogP contribution < -0.4 is 4.90 Å². The minimum atomic E-state index is 0.865. The average molecular weight is 253 g/mol. The largest absolute Gasteiger partial charge is 0.378 e. The van der Waals surface area contributed by atoms with Gasteiger partial charge in [-0.2, -0.15) is 10.2 Å². The summed E-state index contributed by atoms with van der Waals surface area (Å²) in [5, 5.41) is 8.52. The summed E-state index contributed by atoms with van der Waals surface area (Å²) >= 11 is 0. The second-order valence-electron chi connectivity index (χ2n) is 4.88. The van der Waals surface area contributed by atoms with E-state index >= 15 is 0 Å². The van der Waals surface area contributed by atoms with Crippen molar-refractivity contribution in [3.63, 3.8) is 0 Å². The predicted octanol–water partition coefficient (Wildman–Crippen LogP) is 4.78. The molecule has 3 nitrogen and oxygen atoms in total. The summed E-state index contributed by atoms with van der Waals surface area (Å²) in [5.41, 5.74) is 5.42. The lowest BCUT2D eigenvalue weighted by atomic mass is 10.1. The molecule has 2 aromatic rings. The Morgan fingerprint density at radius 3 is 1.89 bits per heavy atom. The van der Waals surface area contributed by atoms with Gasteiger partial charge in [-0.25, -0.2) is 0 Å². The van der Waals surface area contributed by atoms with E-state index in [1.165, 1.54) is 11.1 Å². The van der Waals surface area contributed by atoms with Crippen LogP contribution in [0.3, 0.4) is 0 Å². The molecule has 2 aromatic carbocycles. The van der Waals surface area contributed by atoms with Crippen LogP contribution in [0.15, 0.2) is 52.7 Å². The highest BCUT2D eigenvalue weighted by atomic mass is 15.1. The van der Waals surface area contributed by atoms with Gasteiger partial charge in [0.1, 0.15) is 0 Å². The number of rotatable bonds is 3. The summed E-state index contributed by atoms with van der Waals surface area (Å²) in [6, 6.07) is 14.1. The molecule has 0 saturated carbocycles. The minimum Gasteiger partial charge on any atom is -0.378 e.